The van der Waals surface area contributed by atoms with E-state index in [9.17, 15) is 8.42 Å². The van der Waals surface area contributed by atoms with Crippen molar-refractivity contribution >= 4 is 15.8 Å². The van der Waals surface area contributed by atoms with Gasteiger partial charge < -0.3 is 5.32 Å². The molecule has 0 aliphatic heterocycles. The summed E-state index contributed by atoms with van der Waals surface area (Å²) in [5, 5.41) is 3.04. The maximum absolute atomic E-state index is 12.2. The lowest BCUT2D eigenvalue weighted by Gasteiger charge is -2.17. The maximum Gasteiger partial charge on any atom is 0.242 e. The molecule has 1 heterocycles. The molecule has 19 heavy (non-hydrogen) atoms. The Morgan fingerprint density at radius 2 is 2.16 bits per heavy atom. The van der Waals surface area contributed by atoms with Gasteiger partial charge in [-0.15, -0.1) is 0 Å². The Hall–Kier alpha value is -1.14. The van der Waals surface area contributed by atoms with Gasteiger partial charge >= 0.3 is 0 Å². The molecule has 6 heteroatoms. The summed E-state index contributed by atoms with van der Waals surface area (Å²) in [4.78, 5) is 4.33. The lowest BCUT2D eigenvalue weighted by molar-refractivity contribution is 0.476. The minimum atomic E-state index is -3.45. The molecule has 0 saturated heterocycles. The van der Waals surface area contributed by atoms with Crippen molar-refractivity contribution in [3.8, 4) is 0 Å². The topological polar surface area (TPSA) is 71.1 Å². The van der Waals surface area contributed by atoms with E-state index in [1.54, 1.807) is 12.1 Å². The summed E-state index contributed by atoms with van der Waals surface area (Å²) in [7, 11) is -3.45. The fourth-order valence-corrected chi connectivity index (χ4v) is 3.74. The molecule has 0 bridgehead atoms. The van der Waals surface area contributed by atoms with Crippen molar-refractivity contribution in [3.63, 3.8) is 0 Å². The number of sulfonamides is 1. The summed E-state index contributed by atoms with van der Waals surface area (Å²) >= 11 is 0. The normalized spacial score (nSPS) is 23.5. The minimum Gasteiger partial charge on any atom is -0.370 e. The molecular formula is C13H21N3O2S. The number of nitrogens with zero attached hydrogens (tertiary/aromatic N) is 1. The summed E-state index contributed by atoms with van der Waals surface area (Å²) in [6.45, 7) is 4.82. The van der Waals surface area contributed by atoms with Gasteiger partial charge in [0.1, 0.15) is 10.7 Å². The highest BCUT2D eigenvalue weighted by Crippen LogP contribution is 2.26. The second kappa shape index (κ2) is 5.88. The van der Waals surface area contributed by atoms with Crippen LogP contribution in [0.5, 0.6) is 0 Å². The van der Waals surface area contributed by atoms with Gasteiger partial charge in [0.15, 0.2) is 0 Å². The van der Waals surface area contributed by atoms with Crippen LogP contribution in [0.2, 0.25) is 0 Å². The first-order valence-corrected chi connectivity index (χ1v) is 8.23. The van der Waals surface area contributed by atoms with Crippen molar-refractivity contribution in [2.24, 2.45) is 5.92 Å². The van der Waals surface area contributed by atoms with E-state index in [2.05, 4.69) is 21.9 Å². The van der Waals surface area contributed by atoms with E-state index in [0.29, 0.717) is 11.7 Å². The van der Waals surface area contributed by atoms with Crippen LogP contribution < -0.4 is 10.0 Å². The van der Waals surface area contributed by atoms with Crippen LogP contribution >= 0.6 is 0 Å². The number of pyridine rings is 1. The fraction of sp³-hybridized carbons (Fsp3) is 0.615. The fourth-order valence-electron chi connectivity index (χ4n) is 2.41. The zero-order chi connectivity index (χ0) is 13.9. The van der Waals surface area contributed by atoms with Crippen molar-refractivity contribution in [2.75, 3.05) is 11.9 Å². The van der Waals surface area contributed by atoms with Gasteiger partial charge in [0.05, 0.1) is 0 Å². The molecule has 1 aliphatic rings. The van der Waals surface area contributed by atoms with Gasteiger partial charge in [0.2, 0.25) is 10.0 Å². The molecule has 0 amide bonds. The molecule has 0 radical (unpaired) electrons. The Bertz CT molecular complexity index is 513. The Balaban J connectivity index is 2.10. The minimum absolute atomic E-state index is 0.0541. The second-order valence-electron chi connectivity index (χ2n) is 5.05. The van der Waals surface area contributed by atoms with Crippen LogP contribution in [0.4, 0.5) is 5.82 Å². The third-order valence-electron chi connectivity index (χ3n) is 3.57. The molecule has 2 N–H and O–H groups in total. The molecule has 0 spiro atoms. The smallest absolute Gasteiger partial charge is 0.242 e. The Morgan fingerprint density at radius 1 is 1.37 bits per heavy atom. The van der Waals surface area contributed by atoms with Gasteiger partial charge in [-0.1, -0.05) is 13.3 Å². The molecule has 1 aromatic rings. The molecule has 5 nitrogen and oxygen atoms in total. The predicted octanol–water partition coefficient (Wildman–Crippen LogP) is 1.98. The van der Waals surface area contributed by atoms with Crippen molar-refractivity contribution < 1.29 is 8.42 Å². The second-order valence-corrected chi connectivity index (χ2v) is 6.76. The zero-order valence-electron chi connectivity index (χ0n) is 11.4. The average molecular weight is 283 g/mol. The van der Waals surface area contributed by atoms with Gasteiger partial charge in [-0.3, -0.25) is 0 Å². The van der Waals surface area contributed by atoms with Crippen LogP contribution in [-0.2, 0) is 10.0 Å². The van der Waals surface area contributed by atoms with E-state index in [1.807, 2.05) is 6.92 Å². The molecule has 1 fully saturated rings. The van der Waals surface area contributed by atoms with E-state index in [-0.39, 0.29) is 10.9 Å². The number of anilines is 1. The monoisotopic (exact) mass is 283 g/mol. The molecule has 0 aromatic carbocycles. The molecule has 1 aromatic heterocycles. The summed E-state index contributed by atoms with van der Waals surface area (Å²) in [5.74, 6) is 1.10. The van der Waals surface area contributed by atoms with Crippen molar-refractivity contribution in [3.05, 3.63) is 18.3 Å². The largest absolute Gasteiger partial charge is 0.370 e. The van der Waals surface area contributed by atoms with E-state index in [1.165, 1.54) is 6.20 Å². The van der Waals surface area contributed by atoms with Gasteiger partial charge in [0, 0.05) is 18.8 Å². The van der Waals surface area contributed by atoms with Crippen LogP contribution in [0.15, 0.2) is 23.2 Å². The molecule has 2 rings (SSSR count). The summed E-state index contributed by atoms with van der Waals surface area (Å²) < 4.78 is 27.2. The van der Waals surface area contributed by atoms with Crippen molar-refractivity contribution in [1.82, 2.24) is 9.71 Å². The highest BCUT2D eigenvalue weighted by molar-refractivity contribution is 7.89. The first-order chi connectivity index (χ1) is 9.03. The Labute approximate surface area is 114 Å². The summed E-state index contributed by atoms with van der Waals surface area (Å²) in [5.41, 5.74) is 0. The lowest BCUT2D eigenvalue weighted by atomic mass is 10.1. The molecule has 1 saturated carbocycles. The number of hydrogen-bond acceptors (Lipinski definition) is 4. The van der Waals surface area contributed by atoms with Gasteiger partial charge in [-0.05, 0) is 37.8 Å². The maximum atomic E-state index is 12.2. The highest BCUT2D eigenvalue weighted by Gasteiger charge is 2.28. The Kier molecular flexibility index (Phi) is 4.42. The van der Waals surface area contributed by atoms with E-state index < -0.39 is 10.0 Å². The summed E-state index contributed by atoms with van der Waals surface area (Å²) in [6.07, 6.45) is 4.50. The molecule has 2 atom stereocenters. The SMILES string of the molecule is CCNc1ccc(S(=O)(=O)NC2CCCC2C)cn1. The quantitative estimate of drug-likeness (QED) is 0.867. The number of aromatic nitrogens is 1. The van der Waals surface area contributed by atoms with Crippen LogP contribution in [0.1, 0.15) is 33.1 Å². The zero-order valence-corrected chi connectivity index (χ0v) is 12.2. The van der Waals surface area contributed by atoms with Crippen LogP contribution in [0.3, 0.4) is 0 Å². The van der Waals surface area contributed by atoms with E-state index in [0.717, 1.165) is 25.8 Å². The third-order valence-corrected chi connectivity index (χ3v) is 5.05. The van der Waals surface area contributed by atoms with Crippen LogP contribution in [0.25, 0.3) is 0 Å². The molecular weight excluding hydrogens is 262 g/mol. The van der Waals surface area contributed by atoms with Crippen molar-refractivity contribution in [2.45, 2.75) is 44.0 Å². The number of rotatable bonds is 5. The Morgan fingerprint density at radius 3 is 2.68 bits per heavy atom. The van der Waals surface area contributed by atoms with Crippen LogP contribution in [-0.4, -0.2) is 26.0 Å². The van der Waals surface area contributed by atoms with Crippen molar-refractivity contribution in [1.29, 1.82) is 0 Å². The van der Waals surface area contributed by atoms with Gasteiger partial charge in [-0.2, -0.15) is 0 Å². The average Bonchev–Trinajstić information content (AvgIpc) is 2.75. The lowest BCUT2D eigenvalue weighted by Crippen LogP contribution is -2.36. The van der Waals surface area contributed by atoms with E-state index in [4.69, 9.17) is 0 Å². The van der Waals surface area contributed by atoms with Crippen LogP contribution in [0, 0.1) is 5.92 Å². The van der Waals surface area contributed by atoms with Gasteiger partial charge in [0.25, 0.3) is 0 Å². The third kappa shape index (κ3) is 3.45. The number of nitrogens with one attached hydrogen (secondary N) is 2. The predicted molar refractivity (Wildman–Crippen MR) is 75.5 cm³/mol. The van der Waals surface area contributed by atoms with Gasteiger partial charge in [-0.25, -0.2) is 18.1 Å². The standard InChI is InChI=1S/C13H21N3O2S/c1-3-14-13-8-7-11(9-15-13)19(17,18)16-12-6-4-5-10(12)2/h7-10,12,16H,3-6H2,1-2H3,(H,14,15). The summed E-state index contributed by atoms with van der Waals surface area (Å²) in [6, 6.07) is 3.33. The first kappa shape index (κ1) is 14.3. The molecule has 1 aliphatic carbocycles. The first-order valence-electron chi connectivity index (χ1n) is 6.75. The molecule has 2 unspecified atom stereocenters. The number of hydrogen-bond donors (Lipinski definition) is 2. The van der Waals surface area contributed by atoms with E-state index >= 15 is 0 Å². The highest BCUT2D eigenvalue weighted by atomic mass is 32.2. The molecule has 106 valence electrons.